The van der Waals surface area contributed by atoms with E-state index >= 15 is 0 Å². The van der Waals surface area contributed by atoms with Crippen LogP contribution in [0.1, 0.15) is 41.3 Å². The minimum atomic E-state index is -0.0774. The number of aryl methyl sites for hydroxylation is 2. The zero-order valence-corrected chi connectivity index (χ0v) is 16.6. The molecule has 1 unspecified atom stereocenters. The van der Waals surface area contributed by atoms with Crippen LogP contribution in [-0.2, 0) is 6.42 Å². The summed E-state index contributed by atoms with van der Waals surface area (Å²) in [4.78, 5) is 19.5. The molecule has 1 saturated heterocycles. The Balaban J connectivity index is 1.49. The van der Waals surface area contributed by atoms with Crippen LogP contribution in [-0.4, -0.2) is 38.2 Å². The van der Waals surface area contributed by atoms with Crippen molar-refractivity contribution >= 4 is 17.5 Å². The van der Waals surface area contributed by atoms with E-state index in [1.54, 1.807) is 16.8 Å². The van der Waals surface area contributed by atoms with Crippen LogP contribution in [0, 0.1) is 6.92 Å². The van der Waals surface area contributed by atoms with E-state index in [2.05, 4.69) is 34.3 Å². The van der Waals surface area contributed by atoms with Crippen molar-refractivity contribution in [2.24, 2.45) is 0 Å². The first-order valence-electron chi connectivity index (χ1n) is 9.66. The first-order valence-corrected chi connectivity index (χ1v) is 10.0. The molecule has 0 bridgehead atoms. The van der Waals surface area contributed by atoms with E-state index < -0.39 is 0 Å². The van der Waals surface area contributed by atoms with Crippen molar-refractivity contribution in [2.45, 2.75) is 38.6 Å². The Kier molecular flexibility index (Phi) is 5.44. The molecule has 0 saturated carbocycles. The number of likely N-dealkylation sites (tertiary alicyclic amines) is 1. The van der Waals surface area contributed by atoms with Crippen LogP contribution in [0.4, 0.5) is 0 Å². The Hall–Kier alpha value is -2.66. The minimum Gasteiger partial charge on any atom is -0.333 e. The Morgan fingerprint density at radius 2 is 1.89 bits per heavy atom. The van der Waals surface area contributed by atoms with E-state index in [9.17, 15) is 4.79 Å². The Morgan fingerprint density at radius 3 is 2.64 bits per heavy atom. The summed E-state index contributed by atoms with van der Waals surface area (Å²) in [6, 6.07) is 18.0. The lowest BCUT2D eigenvalue weighted by atomic mass is 10.0. The van der Waals surface area contributed by atoms with Crippen LogP contribution in [0.2, 0.25) is 5.02 Å². The number of nitrogens with zero attached hydrogens (tertiary/aromatic N) is 4. The molecule has 1 aromatic heterocycles. The fraction of sp³-hybridized carbons (Fsp3) is 0.318. The van der Waals surface area contributed by atoms with Gasteiger partial charge >= 0.3 is 0 Å². The average Bonchev–Trinajstić information content (AvgIpc) is 3.34. The van der Waals surface area contributed by atoms with Crippen molar-refractivity contribution in [3.63, 3.8) is 0 Å². The van der Waals surface area contributed by atoms with Gasteiger partial charge in [0.15, 0.2) is 0 Å². The molecule has 1 fully saturated rings. The van der Waals surface area contributed by atoms with E-state index in [0.29, 0.717) is 10.8 Å². The maximum absolute atomic E-state index is 13.1. The third kappa shape index (κ3) is 3.94. The van der Waals surface area contributed by atoms with E-state index in [1.165, 1.54) is 5.56 Å². The quantitative estimate of drug-likeness (QED) is 0.641. The summed E-state index contributed by atoms with van der Waals surface area (Å²) in [5, 5.41) is 5.14. The van der Waals surface area contributed by atoms with Crippen molar-refractivity contribution in [1.29, 1.82) is 0 Å². The number of hydrogen-bond donors (Lipinski definition) is 0. The molecule has 6 heteroatoms. The summed E-state index contributed by atoms with van der Waals surface area (Å²) in [7, 11) is 0. The van der Waals surface area contributed by atoms with Gasteiger partial charge in [-0.1, -0.05) is 41.9 Å². The number of carbonyl (C=O) groups excluding carboxylic acids is 1. The zero-order chi connectivity index (χ0) is 19.5. The largest absolute Gasteiger partial charge is 0.333 e. The molecular weight excluding hydrogens is 372 g/mol. The molecule has 144 valence electrons. The fourth-order valence-corrected chi connectivity index (χ4v) is 3.94. The number of hydrogen-bond acceptors (Lipinski definition) is 3. The van der Waals surface area contributed by atoms with Crippen LogP contribution in [0.25, 0.3) is 5.69 Å². The van der Waals surface area contributed by atoms with E-state index in [-0.39, 0.29) is 17.8 Å². The number of rotatable bonds is 5. The number of halogens is 1. The third-order valence-electron chi connectivity index (χ3n) is 5.28. The Labute approximate surface area is 170 Å². The molecule has 0 aliphatic carbocycles. The van der Waals surface area contributed by atoms with Gasteiger partial charge < -0.3 is 4.90 Å². The van der Waals surface area contributed by atoms with Gasteiger partial charge in [-0.05, 0) is 62.4 Å². The standard InChI is InChI=1S/C22H23ClN4O/c1-16-24-21(25-27(16)20-13-10-18(23)11-14-20)22(28)26-15-5-8-19(26)12-9-17-6-3-2-4-7-17/h2-4,6-7,10-11,13-14,19H,5,8-9,12,15H2,1H3. The molecule has 1 amide bonds. The van der Waals surface area contributed by atoms with Crippen molar-refractivity contribution < 1.29 is 4.79 Å². The molecule has 1 aliphatic heterocycles. The summed E-state index contributed by atoms with van der Waals surface area (Å²) in [5.41, 5.74) is 2.15. The first kappa shape index (κ1) is 18.7. The average molecular weight is 395 g/mol. The summed E-state index contributed by atoms with van der Waals surface area (Å²) in [6.45, 7) is 2.63. The third-order valence-corrected chi connectivity index (χ3v) is 5.53. The van der Waals surface area contributed by atoms with Gasteiger partial charge in [0.2, 0.25) is 5.82 Å². The summed E-state index contributed by atoms with van der Waals surface area (Å²) in [6.07, 6.45) is 4.01. The second-order valence-corrected chi connectivity index (χ2v) is 7.63. The molecule has 1 aliphatic rings. The molecule has 28 heavy (non-hydrogen) atoms. The van der Waals surface area contributed by atoms with Crippen molar-refractivity contribution in [2.75, 3.05) is 6.54 Å². The molecule has 2 aromatic carbocycles. The Morgan fingerprint density at radius 1 is 1.14 bits per heavy atom. The number of aromatic nitrogens is 3. The SMILES string of the molecule is Cc1nc(C(=O)N2CCCC2CCc2ccccc2)nn1-c1ccc(Cl)cc1. The van der Waals surface area contributed by atoms with Crippen LogP contribution < -0.4 is 0 Å². The van der Waals surface area contributed by atoms with Gasteiger partial charge in [0.05, 0.1) is 5.69 Å². The maximum atomic E-state index is 13.1. The normalized spacial score (nSPS) is 16.5. The van der Waals surface area contributed by atoms with E-state index in [0.717, 1.165) is 37.9 Å². The van der Waals surface area contributed by atoms with Gasteiger partial charge in [-0.15, -0.1) is 5.10 Å². The van der Waals surface area contributed by atoms with Crippen LogP contribution in [0.5, 0.6) is 0 Å². The molecule has 1 atom stereocenters. The van der Waals surface area contributed by atoms with Crippen molar-refractivity contribution in [3.8, 4) is 5.69 Å². The molecular formula is C22H23ClN4O. The molecule has 0 radical (unpaired) electrons. The summed E-state index contributed by atoms with van der Waals surface area (Å²) < 4.78 is 1.69. The highest BCUT2D eigenvalue weighted by molar-refractivity contribution is 6.30. The number of benzene rings is 2. The predicted octanol–water partition coefficient (Wildman–Crippen LogP) is 4.47. The smallest absolute Gasteiger partial charge is 0.293 e. The molecule has 0 N–H and O–H groups in total. The van der Waals surface area contributed by atoms with Crippen LogP contribution >= 0.6 is 11.6 Å². The topological polar surface area (TPSA) is 51.0 Å². The highest BCUT2D eigenvalue weighted by Gasteiger charge is 2.31. The zero-order valence-electron chi connectivity index (χ0n) is 15.9. The van der Waals surface area contributed by atoms with Gasteiger partial charge in [-0.3, -0.25) is 4.79 Å². The summed E-state index contributed by atoms with van der Waals surface area (Å²) in [5.74, 6) is 0.871. The number of carbonyl (C=O) groups is 1. The van der Waals surface area contributed by atoms with Gasteiger partial charge in [0, 0.05) is 17.6 Å². The highest BCUT2D eigenvalue weighted by Crippen LogP contribution is 2.24. The molecule has 3 aromatic rings. The van der Waals surface area contributed by atoms with E-state index in [4.69, 9.17) is 11.6 Å². The lowest BCUT2D eigenvalue weighted by molar-refractivity contribution is 0.0718. The molecule has 0 spiro atoms. The van der Waals surface area contributed by atoms with Crippen molar-refractivity contribution in [3.05, 3.63) is 76.8 Å². The summed E-state index contributed by atoms with van der Waals surface area (Å²) >= 11 is 5.96. The molecule has 2 heterocycles. The van der Waals surface area contributed by atoms with Crippen molar-refractivity contribution in [1.82, 2.24) is 19.7 Å². The second kappa shape index (κ2) is 8.15. The van der Waals surface area contributed by atoms with E-state index in [1.807, 2.05) is 30.0 Å². The Bertz CT molecular complexity index is 952. The van der Waals surface area contributed by atoms with Gasteiger partial charge in [-0.2, -0.15) is 0 Å². The molecule has 4 rings (SSSR count). The highest BCUT2D eigenvalue weighted by atomic mass is 35.5. The van der Waals surface area contributed by atoms with Crippen LogP contribution in [0.3, 0.4) is 0 Å². The first-order chi connectivity index (χ1) is 13.6. The lowest BCUT2D eigenvalue weighted by Gasteiger charge is -2.23. The predicted molar refractivity (Wildman–Crippen MR) is 110 cm³/mol. The fourth-order valence-electron chi connectivity index (χ4n) is 3.82. The second-order valence-electron chi connectivity index (χ2n) is 7.19. The lowest BCUT2D eigenvalue weighted by Crippen LogP contribution is -2.36. The maximum Gasteiger partial charge on any atom is 0.293 e. The monoisotopic (exact) mass is 394 g/mol. The minimum absolute atomic E-state index is 0.0774. The van der Waals surface area contributed by atoms with Gasteiger partial charge in [-0.25, -0.2) is 9.67 Å². The molecule has 5 nitrogen and oxygen atoms in total. The van der Waals surface area contributed by atoms with Gasteiger partial charge in [0.1, 0.15) is 5.82 Å². The van der Waals surface area contributed by atoms with Gasteiger partial charge in [0.25, 0.3) is 5.91 Å². The van der Waals surface area contributed by atoms with Crippen LogP contribution in [0.15, 0.2) is 54.6 Å². The number of amides is 1.